The second-order valence-corrected chi connectivity index (χ2v) is 14.9. The highest BCUT2D eigenvalue weighted by Gasteiger charge is 2.37. The van der Waals surface area contributed by atoms with Crippen LogP contribution in [-0.4, -0.2) is 52.3 Å². The predicted molar refractivity (Wildman–Crippen MR) is 150 cm³/mol. The number of aromatic nitrogens is 2. The van der Waals surface area contributed by atoms with Gasteiger partial charge in [0.15, 0.2) is 8.32 Å². The van der Waals surface area contributed by atoms with Crippen molar-refractivity contribution in [3.63, 3.8) is 0 Å². The van der Waals surface area contributed by atoms with E-state index in [0.29, 0.717) is 31.2 Å². The Hall–Kier alpha value is -3.10. The Balaban J connectivity index is 2.03. The maximum atomic E-state index is 6.52. The number of hydrogen-bond acceptors (Lipinski definition) is 7. The van der Waals surface area contributed by atoms with Crippen molar-refractivity contribution in [2.24, 2.45) is 0 Å². The summed E-state index contributed by atoms with van der Waals surface area (Å²) in [6.45, 7) is 18.9. The van der Waals surface area contributed by atoms with E-state index in [0.717, 1.165) is 33.9 Å². The highest BCUT2D eigenvalue weighted by atomic mass is 28.4. The highest BCUT2D eigenvalue weighted by molar-refractivity contribution is 6.74. The second kappa shape index (κ2) is 11.3. The molecule has 1 aromatic heterocycles. The number of methoxy groups -OCH3 is 2. The molecule has 8 heteroatoms. The molecule has 0 fully saturated rings. The zero-order chi connectivity index (χ0) is 26.5. The van der Waals surface area contributed by atoms with Crippen LogP contribution in [0.5, 0.6) is 11.5 Å². The number of nitrogens with zero attached hydrogens (tertiary/aromatic N) is 3. The van der Waals surface area contributed by atoms with Gasteiger partial charge in [-0.3, -0.25) is 4.98 Å². The van der Waals surface area contributed by atoms with Gasteiger partial charge in [0.25, 0.3) is 0 Å². The molecule has 2 aromatic carbocycles. The van der Waals surface area contributed by atoms with Crippen LogP contribution in [0.25, 0.3) is 16.8 Å². The van der Waals surface area contributed by atoms with Crippen LogP contribution in [0.15, 0.2) is 49.2 Å². The number of anilines is 2. The smallest absolute Gasteiger partial charge is 0.192 e. The molecule has 0 saturated heterocycles. The van der Waals surface area contributed by atoms with E-state index in [1.807, 2.05) is 43.3 Å². The highest BCUT2D eigenvalue weighted by Crippen LogP contribution is 2.37. The molecule has 0 saturated carbocycles. The average Bonchev–Trinajstić information content (AvgIpc) is 2.85. The van der Waals surface area contributed by atoms with Crippen molar-refractivity contribution in [3.8, 4) is 11.5 Å². The fourth-order valence-corrected chi connectivity index (χ4v) is 4.55. The molecule has 0 aliphatic rings. The van der Waals surface area contributed by atoms with Gasteiger partial charge < -0.3 is 23.5 Å². The first kappa shape index (κ1) is 27.5. The molecule has 7 nitrogen and oxygen atoms in total. The monoisotopic (exact) mass is 509 g/mol. The van der Waals surface area contributed by atoms with Gasteiger partial charge in [0.2, 0.25) is 0 Å². The summed E-state index contributed by atoms with van der Waals surface area (Å²) in [6, 6.07) is 11.9. The van der Waals surface area contributed by atoms with Gasteiger partial charge in [-0.25, -0.2) is 4.98 Å². The molecule has 0 aliphatic heterocycles. The minimum Gasteiger partial charge on any atom is -0.497 e. The molecule has 0 radical (unpaired) electrons. The molecule has 0 spiro atoms. The maximum Gasteiger partial charge on any atom is 0.192 e. The number of hydrogen-bond donors (Lipinski definition) is 0. The SMILES string of the molecule is C=C(OCC)c1cnc2ccc(N(CCO[Si](C)(C)C(C)(C)C)c3cc(OC)cc(OC)c3)cc2n1. The molecule has 1 heterocycles. The average molecular weight is 510 g/mol. The van der Waals surface area contributed by atoms with E-state index in [4.69, 9.17) is 23.6 Å². The van der Waals surface area contributed by atoms with Gasteiger partial charge in [0, 0.05) is 36.1 Å². The van der Waals surface area contributed by atoms with Crippen LogP contribution in [0.3, 0.4) is 0 Å². The molecular formula is C28H39N3O4Si. The van der Waals surface area contributed by atoms with Gasteiger partial charge in [0.1, 0.15) is 23.0 Å². The van der Waals surface area contributed by atoms with E-state index in [1.165, 1.54) is 0 Å². The minimum atomic E-state index is -1.90. The Morgan fingerprint density at radius 1 is 0.972 bits per heavy atom. The van der Waals surface area contributed by atoms with Crippen LogP contribution < -0.4 is 14.4 Å². The number of ether oxygens (including phenoxy) is 3. The maximum absolute atomic E-state index is 6.52. The van der Waals surface area contributed by atoms with Crippen LogP contribution in [-0.2, 0) is 9.16 Å². The topological polar surface area (TPSA) is 65.9 Å². The molecular weight excluding hydrogens is 470 g/mol. The molecule has 0 amide bonds. The predicted octanol–water partition coefficient (Wildman–Crippen LogP) is 6.81. The fourth-order valence-electron chi connectivity index (χ4n) is 3.51. The first-order valence-electron chi connectivity index (χ1n) is 12.2. The van der Waals surface area contributed by atoms with Crippen molar-refractivity contribution >= 4 is 36.5 Å². The third-order valence-corrected chi connectivity index (χ3v) is 11.2. The summed E-state index contributed by atoms with van der Waals surface area (Å²) in [5, 5.41) is 0.134. The van der Waals surface area contributed by atoms with Crippen molar-refractivity contribution in [2.45, 2.75) is 45.8 Å². The zero-order valence-corrected chi connectivity index (χ0v) is 23.8. The molecule has 0 atom stereocenters. The molecule has 36 heavy (non-hydrogen) atoms. The van der Waals surface area contributed by atoms with Gasteiger partial charge in [0.05, 0.1) is 44.7 Å². The summed E-state index contributed by atoms with van der Waals surface area (Å²) in [6.07, 6.45) is 1.69. The van der Waals surface area contributed by atoms with E-state index >= 15 is 0 Å². The number of fused-ring (bicyclic) bond motifs is 1. The molecule has 0 unspecified atom stereocenters. The molecule has 3 aromatic rings. The Morgan fingerprint density at radius 2 is 1.64 bits per heavy atom. The number of rotatable bonds is 11. The first-order chi connectivity index (χ1) is 17.0. The molecule has 0 bridgehead atoms. The third-order valence-electron chi connectivity index (χ3n) is 6.67. The lowest BCUT2D eigenvalue weighted by Crippen LogP contribution is -2.42. The van der Waals surface area contributed by atoms with E-state index in [1.54, 1.807) is 20.4 Å². The molecule has 0 N–H and O–H groups in total. The number of benzene rings is 2. The minimum absolute atomic E-state index is 0.134. The van der Waals surface area contributed by atoms with Crippen LogP contribution in [0.4, 0.5) is 11.4 Å². The second-order valence-electron chi connectivity index (χ2n) is 10.1. The van der Waals surface area contributed by atoms with Crippen LogP contribution in [0.1, 0.15) is 33.4 Å². The Morgan fingerprint density at radius 3 is 2.22 bits per heavy atom. The fraction of sp³-hybridized carbons (Fsp3) is 0.429. The first-order valence-corrected chi connectivity index (χ1v) is 15.1. The van der Waals surface area contributed by atoms with E-state index in [9.17, 15) is 0 Å². The van der Waals surface area contributed by atoms with E-state index in [-0.39, 0.29) is 5.04 Å². The van der Waals surface area contributed by atoms with Crippen molar-refractivity contribution in [2.75, 3.05) is 38.9 Å². The van der Waals surface area contributed by atoms with Crippen molar-refractivity contribution < 1.29 is 18.6 Å². The van der Waals surface area contributed by atoms with Crippen LogP contribution in [0.2, 0.25) is 18.1 Å². The normalized spacial score (nSPS) is 11.9. The largest absolute Gasteiger partial charge is 0.497 e. The van der Waals surface area contributed by atoms with Gasteiger partial charge in [-0.05, 0) is 43.3 Å². The van der Waals surface area contributed by atoms with Crippen molar-refractivity contribution in [1.29, 1.82) is 0 Å². The Labute approximate surface area is 216 Å². The van der Waals surface area contributed by atoms with E-state index in [2.05, 4.69) is 50.3 Å². The Bertz CT molecular complexity index is 1180. The van der Waals surface area contributed by atoms with Gasteiger partial charge in [-0.15, -0.1) is 0 Å². The van der Waals surface area contributed by atoms with Crippen LogP contribution >= 0.6 is 0 Å². The lowest BCUT2D eigenvalue weighted by Gasteiger charge is -2.37. The summed E-state index contributed by atoms with van der Waals surface area (Å²) < 4.78 is 23.2. The lowest BCUT2D eigenvalue weighted by molar-refractivity contribution is 0.297. The van der Waals surface area contributed by atoms with Gasteiger partial charge >= 0.3 is 0 Å². The van der Waals surface area contributed by atoms with Gasteiger partial charge in [-0.1, -0.05) is 27.4 Å². The zero-order valence-electron chi connectivity index (χ0n) is 22.8. The summed E-state index contributed by atoms with van der Waals surface area (Å²) >= 11 is 0. The van der Waals surface area contributed by atoms with Crippen molar-refractivity contribution in [1.82, 2.24) is 9.97 Å². The van der Waals surface area contributed by atoms with Crippen LogP contribution in [0, 0.1) is 0 Å². The molecule has 194 valence electrons. The van der Waals surface area contributed by atoms with Gasteiger partial charge in [-0.2, -0.15) is 0 Å². The van der Waals surface area contributed by atoms with E-state index < -0.39 is 8.32 Å². The standard InChI is InChI=1S/C28H39N3O4Si/c1-10-34-20(2)27-19-29-25-12-11-21(17-26(25)30-27)31(13-14-35-36(8,9)28(3,4)5)22-15-23(32-6)18-24(16-22)33-7/h11-12,15-19H,2,10,13-14H2,1,3-9H3. The Kier molecular flexibility index (Phi) is 8.63. The summed E-state index contributed by atoms with van der Waals surface area (Å²) in [5.74, 6) is 1.94. The molecule has 0 aliphatic carbocycles. The lowest BCUT2D eigenvalue weighted by atomic mass is 10.2. The summed E-state index contributed by atoms with van der Waals surface area (Å²) in [7, 11) is 1.41. The summed E-state index contributed by atoms with van der Waals surface area (Å²) in [5.41, 5.74) is 4.08. The third kappa shape index (κ3) is 6.36. The quantitative estimate of drug-likeness (QED) is 0.208. The van der Waals surface area contributed by atoms with Crippen molar-refractivity contribution in [3.05, 3.63) is 54.9 Å². The summed E-state index contributed by atoms with van der Waals surface area (Å²) in [4.78, 5) is 11.5. The molecule has 3 rings (SSSR count).